The van der Waals surface area contributed by atoms with Crippen molar-refractivity contribution in [3.8, 4) is 0 Å². The first kappa shape index (κ1) is 13.2. The average Bonchev–Trinajstić information content (AvgIpc) is 2.51. The number of aromatic nitrogens is 2. The zero-order chi connectivity index (χ0) is 12.4. The maximum absolute atomic E-state index is 4.24. The molecule has 3 nitrogen and oxygen atoms in total. The zero-order valence-electron chi connectivity index (χ0n) is 11.5. The van der Waals surface area contributed by atoms with Crippen molar-refractivity contribution >= 4 is 0 Å². The second-order valence-electron chi connectivity index (χ2n) is 6.26. The molecule has 0 saturated carbocycles. The van der Waals surface area contributed by atoms with Crippen LogP contribution in [0.25, 0.3) is 0 Å². The van der Waals surface area contributed by atoms with Crippen molar-refractivity contribution < 1.29 is 0 Å². The molecular formula is C13H25N3. The molecule has 92 valence electrons. The third-order valence-electron chi connectivity index (χ3n) is 2.73. The summed E-state index contributed by atoms with van der Waals surface area (Å²) in [6.07, 6.45) is 3.85. The molecule has 3 heteroatoms. The highest BCUT2D eigenvalue weighted by atomic mass is 15.3. The van der Waals surface area contributed by atoms with E-state index in [9.17, 15) is 0 Å². The quantitative estimate of drug-likeness (QED) is 0.785. The predicted molar refractivity (Wildman–Crippen MR) is 68.4 cm³/mol. The number of hydrogen-bond donors (Lipinski definition) is 0. The summed E-state index contributed by atoms with van der Waals surface area (Å²) >= 11 is 0. The smallest absolute Gasteiger partial charge is 0.0536 e. The van der Waals surface area contributed by atoms with Gasteiger partial charge in [-0.25, -0.2) is 0 Å². The van der Waals surface area contributed by atoms with Crippen LogP contribution in [-0.2, 0) is 6.54 Å². The van der Waals surface area contributed by atoms with Crippen LogP contribution < -0.4 is 0 Å². The van der Waals surface area contributed by atoms with Crippen molar-refractivity contribution in [3.63, 3.8) is 0 Å². The first-order valence-electron chi connectivity index (χ1n) is 5.96. The minimum absolute atomic E-state index is 0.186. The van der Waals surface area contributed by atoms with E-state index in [4.69, 9.17) is 0 Å². The van der Waals surface area contributed by atoms with Gasteiger partial charge in [-0.2, -0.15) is 5.10 Å². The third-order valence-corrected chi connectivity index (χ3v) is 2.73. The molecule has 0 atom stereocenters. The molecule has 0 unspecified atom stereocenters. The Morgan fingerprint density at radius 2 is 1.62 bits per heavy atom. The van der Waals surface area contributed by atoms with Crippen LogP contribution in [0, 0.1) is 0 Å². The minimum atomic E-state index is 0.186. The van der Waals surface area contributed by atoms with E-state index in [1.54, 1.807) is 0 Å². The molecule has 1 aromatic heterocycles. The summed E-state index contributed by atoms with van der Waals surface area (Å²) in [5.74, 6) is 0. The minimum Gasteiger partial charge on any atom is -0.292 e. The Bertz CT molecular complexity index is 287. The van der Waals surface area contributed by atoms with Gasteiger partial charge < -0.3 is 0 Å². The van der Waals surface area contributed by atoms with E-state index in [0.717, 1.165) is 13.1 Å². The third kappa shape index (κ3) is 3.63. The lowest BCUT2D eigenvalue weighted by Crippen LogP contribution is -2.53. The second-order valence-corrected chi connectivity index (χ2v) is 6.26. The molecule has 0 aliphatic carbocycles. The maximum atomic E-state index is 4.24. The summed E-state index contributed by atoms with van der Waals surface area (Å²) in [6.45, 7) is 15.6. The molecule has 0 N–H and O–H groups in total. The number of hydrogen-bond acceptors (Lipinski definition) is 2. The molecule has 0 aliphatic heterocycles. The first-order chi connectivity index (χ1) is 7.21. The summed E-state index contributed by atoms with van der Waals surface area (Å²) in [5, 5.41) is 4.24. The Morgan fingerprint density at radius 3 is 2.00 bits per heavy atom. The van der Waals surface area contributed by atoms with Crippen LogP contribution in [0.2, 0.25) is 0 Å². The van der Waals surface area contributed by atoms with E-state index in [2.05, 4.69) is 51.5 Å². The van der Waals surface area contributed by atoms with Gasteiger partial charge in [-0.05, 0) is 47.6 Å². The van der Waals surface area contributed by atoms with Gasteiger partial charge in [0.05, 0.1) is 6.54 Å². The van der Waals surface area contributed by atoms with E-state index in [-0.39, 0.29) is 11.1 Å². The Morgan fingerprint density at radius 1 is 1.06 bits per heavy atom. The second kappa shape index (κ2) is 4.58. The van der Waals surface area contributed by atoms with Crippen molar-refractivity contribution in [2.75, 3.05) is 6.54 Å². The summed E-state index contributed by atoms with van der Waals surface area (Å²) in [5.41, 5.74) is 0.372. The molecular weight excluding hydrogens is 198 g/mol. The van der Waals surface area contributed by atoms with Crippen LogP contribution in [0.1, 0.15) is 41.5 Å². The van der Waals surface area contributed by atoms with Crippen LogP contribution in [0.5, 0.6) is 0 Å². The largest absolute Gasteiger partial charge is 0.292 e. The van der Waals surface area contributed by atoms with Crippen LogP contribution in [-0.4, -0.2) is 32.3 Å². The lowest BCUT2D eigenvalue weighted by molar-refractivity contribution is 0.0341. The van der Waals surface area contributed by atoms with Gasteiger partial charge in [0.25, 0.3) is 0 Å². The van der Waals surface area contributed by atoms with Gasteiger partial charge in [-0.1, -0.05) is 0 Å². The normalized spacial score (nSPS) is 13.4. The Labute approximate surface area is 99.4 Å². The standard InChI is InChI=1S/C13H25N3/c1-12(2,3)16(13(4,5)6)11-10-15-9-7-8-14-15/h7-9H,10-11H2,1-6H3. The molecule has 0 saturated heterocycles. The summed E-state index contributed by atoms with van der Waals surface area (Å²) in [4.78, 5) is 2.52. The Balaban J connectivity index is 2.66. The maximum Gasteiger partial charge on any atom is 0.0536 e. The number of rotatable bonds is 3. The van der Waals surface area contributed by atoms with Crippen molar-refractivity contribution in [2.24, 2.45) is 0 Å². The van der Waals surface area contributed by atoms with E-state index in [1.165, 1.54) is 0 Å². The highest BCUT2D eigenvalue weighted by Gasteiger charge is 2.30. The zero-order valence-corrected chi connectivity index (χ0v) is 11.5. The van der Waals surface area contributed by atoms with Crippen molar-refractivity contribution in [2.45, 2.75) is 59.2 Å². The van der Waals surface area contributed by atoms with Crippen LogP contribution in [0.15, 0.2) is 18.5 Å². The lowest BCUT2D eigenvalue weighted by atomic mass is 9.96. The number of nitrogens with zero attached hydrogens (tertiary/aromatic N) is 3. The molecule has 0 bridgehead atoms. The molecule has 16 heavy (non-hydrogen) atoms. The lowest BCUT2D eigenvalue weighted by Gasteiger charge is -2.45. The molecule has 1 aromatic rings. The Hall–Kier alpha value is -0.830. The van der Waals surface area contributed by atoms with Crippen LogP contribution in [0.4, 0.5) is 0 Å². The predicted octanol–water partition coefficient (Wildman–Crippen LogP) is 2.78. The molecule has 0 spiro atoms. The molecule has 0 aliphatic rings. The van der Waals surface area contributed by atoms with E-state index in [0.29, 0.717) is 0 Å². The topological polar surface area (TPSA) is 21.1 Å². The van der Waals surface area contributed by atoms with Crippen molar-refractivity contribution in [3.05, 3.63) is 18.5 Å². The highest BCUT2D eigenvalue weighted by molar-refractivity contribution is 4.87. The Kier molecular flexibility index (Phi) is 3.79. The fraction of sp³-hybridized carbons (Fsp3) is 0.769. The molecule has 0 fully saturated rings. The fourth-order valence-corrected chi connectivity index (χ4v) is 2.31. The van der Waals surface area contributed by atoms with Gasteiger partial charge in [0.2, 0.25) is 0 Å². The summed E-state index contributed by atoms with van der Waals surface area (Å²) in [7, 11) is 0. The van der Waals surface area contributed by atoms with E-state index < -0.39 is 0 Å². The first-order valence-corrected chi connectivity index (χ1v) is 5.96. The van der Waals surface area contributed by atoms with Gasteiger partial charge in [0.15, 0.2) is 0 Å². The summed E-state index contributed by atoms with van der Waals surface area (Å²) in [6, 6.07) is 1.97. The summed E-state index contributed by atoms with van der Waals surface area (Å²) < 4.78 is 1.99. The molecule has 1 rings (SSSR count). The van der Waals surface area contributed by atoms with E-state index >= 15 is 0 Å². The van der Waals surface area contributed by atoms with Gasteiger partial charge in [0, 0.05) is 30.0 Å². The van der Waals surface area contributed by atoms with Crippen LogP contribution in [0.3, 0.4) is 0 Å². The van der Waals surface area contributed by atoms with Gasteiger partial charge >= 0.3 is 0 Å². The van der Waals surface area contributed by atoms with Gasteiger partial charge in [-0.3, -0.25) is 9.58 Å². The van der Waals surface area contributed by atoms with Gasteiger partial charge in [-0.15, -0.1) is 0 Å². The fourth-order valence-electron chi connectivity index (χ4n) is 2.31. The SMILES string of the molecule is CC(C)(C)N(CCn1cccn1)C(C)(C)C. The van der Waals surface area contributed by atoms with Gasteiger partial charge in [0.1, 0.15) is 0 Å². The highest BCUT2D eigenvalue weighted by Crippen LogP contribution is 2.24. The van der Waals surface area contributed by atoms with E-state index in [1.807, 2.05) is 23.1 Å². The monoisotopic (exact) mass is 223 g/mol. The van der Waals surface area contributed by atoms with Crippen molar-refractivity contribution in [1.82, 2.24) is 14.7 Å². The average molecular weight is 223 g/mol. The molecule has 1 heterocycles. The molecule has 0 amide bonds. The molecule has 0 aromatic carbocycles. The van der Waals surface area contributed by atoms with Crippen LogP contribution >= 0.6 is 0 Å². The van der Waals surface area contributed by atoms with Crippen molar-refractivity contribution in [1.29, 1.82) is 0 Å². The molecule has 0 radical (unpaired) electrons.